The molecule has 0 aliphatic heterocycles. The molecule has 2 nitrogen and oxygen atoms in total. The number of thiazole rings is 1. The number of thiophene rings is 1. The normalized spacial score (nSPS) is 12.6. The standard InChI is InChI=1S/C12H11BrN2S2/c1-7(2)8(5-14)9-6-16-12(15-9)10-3-4-11(13)17-10/h3-4,6-8H,1-2H3. The molecule has 17 heavy (non-hydrogen) atoms. The van der Waals surface area contributed by atoms with Crippen LogP contribution in [0.15, 0.2) is 21.3 Å². The molecule has 0 aliphatic carbocycles. The fraction of sp³-hybridized carbons (Fsp3) is 0.333. The maximum atomic E-state index is 9.14. The van der Waals surface area contributed by atoms with E-state index in [4.69, 9.17) is 5.26 Å². The Kier molecular flexibility index (Phi) is 3.97. The quantitative estimate of drug-likeness (QED) is 0.804. The molecule has 2 rings (SSSR count). The fourth-order valence-corrected chi connectivity index (χ4v) is 3.84. The molecule has 0 fully saturated rings. The average Bonchev–Trinajstić information content (AvgIpc) is 2.87. The van der Waals surface area contributed by atoms with Gasteiger partial charge in [0.25, 0.3) is 0 Å². The number of nitrogens with zero attached hydrogens (tertiary/aromatic N) is 2. The summed E-state index contributed by atoms with van der Waals surface area (Å²) in [5, 5.41) is 12.1. The second-order valence-corrected chi connectivity index (χ2v) is 7.35. The summed E-state index contributed by atoms with van der Waals surface area (Å²) in [6, 6.07) is 6.39. The van der Waals surface area contributed by atoms with Gasteiger partial charge in [-0.1, -0.05) is 13.8 Å². The third-order valence-corrected chi connectivity index (χ3v) is 5.08. The summed E-state index contributed by atoms with van der Waals surface area (Å²) in [6.07, 6.45) is 0. The second-order valence-electron chi connectivity index (χ2n) is 4.03. The van der Waals surface area contributed by atoms with Crippen LogP contribution >= 0.6 is 38.6 Å². The minimum Gasteiger partial charge on any atom is -0.239 e. The van der Waals surface area contributed by atoms with Crippen molar-refractivity contribution >= 4 is 38.6 Å². The molecule has 0 saturated heterocycles. The van der Waals surface area contributed by atoms with E-state index >= 15 is 0 Å². The van der Waals surface area contributed by atoms with Crippen LogP contribution in [0.4, 0.5) is 0 Å². The molecule has 2 aromatic rings. The van der Waals surface area contributed by atoms with E-state index in [9.17, 15) is 0 Å². The fourth-order valence-electron chi connectivity index (χ4n) is 1.53. The lowest BCUT2D eigenvalue weighted by molar-refractivity contribution is 0.578. The summed E-state index contributed by atoms with van der Waals surface area (Å²) in [5.74, 6) is 0.188. The molecule has 0 spiro atoms. The van der Waals surface area contributed by atoms with Crippen molar-refractivity contribution in [3.63, 3.8) is 0 Å². The van der Waals surface area contributed by atoms with Gasteiger partial charge in [-0.25, -0.2) is 4.98 Å². The number of hydrogen-bond donors (Lipinski definition) is 0. The molecular formula is C12H11BrN2S2. The van der Waals surface area contributed by atoms with Gasteiger partial charge in [-0.3, -0.25) is 0 Å². The lowest BCUT2D eigenvalue weighted by Gasteiger charge is -2.08. The first-order chi connectivity index (χ1) is 8.11. The van der Waals surface area contributed by atoms with Crippen LogP contribution in [0.3, 0.4) is 0 Å². The largest absolute Gasteiger partial charge is 0.239 e. The van der Waals surface area contributed by atoms with Crippen LogP contribution < -0.4 is 0 Å². The molecule has 0 saturated carbocycles. The Balaban J connectivity index is 2.30. The van der Waals surface area contributed by atoms with E-state index in [1.54, 1.807) is 22.7 Å². The maximum Gasteiger partial charge on any atom is 0.133 e. The number of nitriles is 1. The van der Waals surface area contributed by atoms with Crippen molar-refractivity contribution in [2.24, 2.45) is 5.92 Å². The van der Waals surface area contributed by atoms with Gasteiger partial charge in [-0.2, -0.15) is 5.26 Å². The van der Waals surface area contributed by atoms with Crippen molar-refractivity contribution in [3.8, 4) is 16.0 Å². The summed E-state index contributed by atoms with van der Waals surface area (Å²) in [5.41, 5.74) is 0.895. The first-order valence-electron chi connectivity index (χ1n) is 5.22. The van der Waals surface area contributed by atoms with Crippen molar-refractivity contribution in [3.05, 3.63) is 27.0 Å². The predicted octanol–water partition coefficient (Wildman–Crippen LogP) is 4.90. The Labute approximate surface area is 117 Å². The Morgan fingerprint density at radius 3 is 2.71 bits per heavy atom. The van der Waals surface area contributed by atoms with Crippen LogP contribution in [-0.4, -0.2) is 4.98 Å². The zero-order valence-electron chi connectivity index (χ0n) is 9.48. The second kappa shape index (κ2) is 5.30. The smallest absolute Gasteiger partial charge is 0.133 e. The lowest BCUT2D eigenvalue weighted by atomic mass is 9.95. The molecule has 0 amide bonds. The molecule has 1 unspecified atom stereocenters. The Morgan fingerprint density at radius 2 is 2.18 bits per heavy atom. The highest BCUT2D eigenvalue weighted by atomic mass is 79.9. The van der Waals surface area contributed by atoms with Crippen LogP contribution in [-0.2, 0) is 0 Å². The van der Waals surface area contributed by atoms with Gasteiger partial charge in [-0.05, 0) is 34.0 Å². The van der Waals surface area contributed by atoms with Gasteiger partial charge in [0.2, 0.25) is 0 Å². The van der Waals surface area contributed by atoms with Gasteiger partial charge in [-0.15, -0.1) is 22.7 Å². The first kappa shape index (κ1) is 12.7. The highest BCUT2D eigenvalue weighted by molar-refractivity contribution is 9.11. The van der Waals surface area contributed by atoms with E-state index in [-0.39, 0.29) is 5.92 Å². The van der Waals surface area contributed by atoms with Gasteiger partial charge in [0.15, 0.2) is 0 Å². The third-order valence-electron chi connectivity index (χ3n) is 2.43. The minimum absolute atomic E-state index is 0.108. The van der Waals surface area contributed by atoms with Crippen molar-refractivity contribution < 1.29 is 0 Å². The highest BCUT2D eigenvalue weighted by Crippen LogP contribution is 2.35. The topological polar surface area (TPSA) is 36.7 Å². The van der Waals surface area contributed by atoms with E-state index in [0.29, 0.717) is 5.92 Å². The zero-order chi connectivity index (χ0) is 12.4. The maximum absolute atomic E-state index is 9.14. The molecule has 1 atom stereocenters. The highest BCUT2D eigenvalue weighted by Gasteiger charge is 2.19. The van der Waals surface area contributed by atoms with Crippen LogP contribution in [0.2, 0.25) is 0 Å². The third kappa shape index (κ3) is 2.76. The summed E-state index contributed by atoms with van der Waals surface area (Å²) in [7, 11) is 0. The molecule has 0 aromatic carbocycles. The molecule has 0 bridgehead atoms. The lowest BCUT2D eigenvalue weighted by Crippen LogP contribution is -2.04. The van der Waals surface area contributed by atoms with Crippen LogP contribution in [0.1, 0.15) is 25.5 Å². The van der Waals surface area contributed by atoms with E-state index in [2.05, 4.69) is 40.8 Å². The molecule has 0 radical (unpaired) electrons. The van der Waals surface area contributed by atoms with Crippen LogP contribution in [0.25, 0.3) is 9.88 Å². The Hall–Kier alpha value is -0.700. The summed E-state index contributed by atoms with van der Waals surface area (Å²) in [6.45, 7) is 4.10. The number of aromatic nitrogens is 1. The summed E-state index contributed by atoms with van der Waals surface area (Å²) < 4.78 is 1.10. The van der Waals surface area contributed by atoms with Crippen molar-refractivity contribution in [2.45, 2.75) is 19.8 Å². The van der Waals surface area contributed by atoms with Crippen LogP contribution in [0.5, 0.6) is 0 Å². The van der Waals surface area contributed by atoms with Gasteiger partial charge >= 0.3 is 0 Å². The Bertz CT molecular complexity index is 551. The van der Waals surface area contributed by atoms with Crippen molar-refractivity contribution in [1.29, 1.82) is 5.26 Å². The number of halogens is 1. The van der Waals surface area contributed by atoms with Gasteiger partial charge < -0.3 is 0 Å². The average molecular weight is 327 g/mol. The van der Waals surface area contributed by atoms with Gasteiger partial charge in [0, 0.05) is 5.38 Å². The summed E-state index contributed by atoms with van der Waals surface area (Å²) in [4.78, 5) is 5.72. The molecular weight excluding hydrogens is 316 g/mol. The summed E-state index contributed by atoms with van der Waals surface area (Å²) >= 11 is 6.71. The molecule has 2 aromatic heterocycles. The molecule has 0 N–H and O–H groups in total. The van der Waals surface area contributed by atoms with E-state index in [0.717, 1.165) is 19.4 Å². The van der Waals surface area contributed by atoms with E-state index in [1.807, 2.05) is 17.5 Å². The molecule has 5 heteroatoms. The minimum atomic E-state index is -0.108. The molecule has 2 heterocycles. The van der Waals surface area contributed by atoms with Crippen molar-refractivity contribution in [2.75, 3.05) is 0 Å². The SMILES string of the molecule is CC(C)C(C#N)c1csc(-c2ccc(Br)s2)n1. The number of rotatable bonds is 3. The monoisotopic (exact) mass is 326 g/mol. The predicted molar refractivity (Wildman–Crippen MR) is 76.3 cm³/mol. The van der Waals surface area contributed by atoms with Crippen LogP contribution in [0, 0.1) is 17.2 Å². The first-order valence-corrected chi connectivity index (χ1v) is 7.71. The molecule has 88 valence electrons. The van der Waals surface area contributed by atoms with E-state index in [1.165, 1.54) is 0 Å². The number of hydrogen-bond acceptors (Lipinski definition) is 4. The Morgan fingerprint density at radius 1 is 1.41 bits per heavy atom. The van der Waals surface area contributed by atoms with Gasteiger partial charge in [0.1, 0.15) is 5.01 Å². The van der Waals surface area contributed by atoms with E-state index < -0.39 is 0 Å². The van der Waals surface area contributed by atoms with Crippen molar-refractivity contribution in [1.82, 2.24) is 4.98 Å². The zero-order valence-corrected chi connectivity index (χ0v) is 12.7. The van der Waals surface area contributed by atoms with Gasteiger partial charge in [0.05, 0.1) is 26.3 Å². The molecule has 0 aliphatic rings.